The van der Waals surface area contributed by atoms with Crippen molar-refractivity contribution in [2.75, 3.05) is 18.4 Å². The van der Waals surface area contributed by atoms with Gasteiger partial charge in [0.1, 0.15) is 15.8 Å². The standard InChI is InChI=1S/C34H32ClFN4O3S2/c35-32-31(28-17-15-24(16-18-28)23-37-45(42)43)38-33(44-32)39-34(41)40(21-19-27-13-7-8-14-30(27)36)22-20-29(25-9-3-1-4-10-25)26-11-5-2-6-12-26/h1-18,29,45H,19-23H2,(H,37,42,43)(H,38,39,41). The van der Waals surface area contributed by atoms with Crippen molar-refractivity contribution in [1.29, 1.82) is 0 Å². The van der Waals surface area contributed by atoms with Crippen molar-refractivity contribution < 1.29 is 17.6 Å². The van der Waals surface area contributed by atoms with E-state index in [0.29, 0.717) is 46.7 Å². The van der Waals surface area contributed by atoms with Gasteiger partial charge in [-0.05, 0) is 41.2 Å². The van der Waals surface area contributed by atoms with Gasteiger partial charge in [-0.15, -0.1) is 0 Å². The van der Waals surface area contributed by atoms with Gasteiger partial charge >= 0.3 is 6.03 Å². The van der Waals surface area contributed by atoms with E-state index in [1.807, 2.05) is 36.4 Å². The van der Waals surface area contributed by atoms with E-state index >= 15 is 0 Å². The van der Waals surface area contributed by atoms with E-state index in [0.717, 1.165) is 33.6 Å². The normalized spacial score (nSPS) is 11.2. The Bertz CT molecular complexity index is 1740. The fraction of sp³-hybridized carbons (Fsp3) is 0.176. The molecule has 0 saturated carbocycles. The first-order valence-corrected chi connectivity index (χ1v) is 16.8. The van der Waals surface area contributed by atoms with E-state index in [2.05, 4.69) is 39.3 Å². The number of carbonyl (C=O) groups is 1. The summed E-state index contributed by atoms with van der Waals surface area (Å²) < 4.78 is 38.9. The molecular weight excluding hydrogens is 631 g/mol. The highest BCUT2D eigenvalue weighted by Crippen LogP contribution is 2.35. The monoisotopic (exact) mass is 662 g/mol. The number of hydrogen-bond acceptors (Lipinski definition) is 5. The number of carbonyl (C=O) groups excluding carboxylic acids is 1. The van der Waals surface area contributed by atoms with Crippen molar-refractivity contribution in [3.05, 3.63) is 142 Å². The summed E-state index contributed by atoms with van der Waals surface area (Å²) in [4.78, 5) is 20.0. The highest BCUT2D eigenvalue weighted by atomic mass is 35.5. The van der Waals surface area contributed by atoms with Crippen LogP contribution in [0.3, 0.4) is 0 Å². The number of thiazole rings is 1. The molecule has 7 nitrogen and oxygen atoms in total. The third-order valence-electron chi connectivity index (χ3n) is 7.43. The molecule has 0 radical (unpaired) electrons. The van der Waals surface area contributed by atoms with Crippen LogP contribution in [0.5, 0.6) is 0 Å². The average molecular weight is 663 g/mol. The van der Waals surface area contributed by atoms with E-state index in [-0.39, 0.29) is 24.3 Å². The predicted molar refractivity (Wildman–Crippen MR) is 180 cm³/mol. The maximum atomic E-state index is 14.5. The van der Waals surface area contributed by atoms with E-state index in [9.17, 15) is 17.6 Å². The highest BCUT2D eigenvalue weighted by molar-refractivity contribution is 7.70. The van der Waals surface area contributed by atoms with Crippen LogP contribution in [-0.2, 0) is 23.9 Å². The molecule has 0 saturated heterocycles. The van der Waals surface area contributed by atoms with Gasteiger partial charge in [0.05, 0.1) is 0 Å². The summed E-state index contributed by atoms with van der Waals surface area (Å²) in [6, 6.07) is 33.8. The lowest BCUT2D eigenvalue weighted by Gasteiger charge is -2.26. The molecule has 0 atom stereocenters. The Morgan fingerprint density at radius 1 is 0.867 bits per heavy atom. The minimum atomic E-state index is -2.68. The van der Waals surface area contributed by atoms with Crippen LogP contribution in [0.15, 0.2) is 109 Å². The first-order valence-electron chi connectivity index (χ1n) is 14.4. The molecule has 0 unspecified atom stereocenters. The Morgan fingerprint density at radius 3 is 2.11 bits per heavy atom. The highest BCUT2D eigenvalue weighted by Gasteiger charge is 2.21. The van der Waals surface area contributed by atoms with Crippen LogP contribution in [0.25, 0.3) is 11.3 Å². The number of nitrogens with one attached hydrogen (secondary N) is 2. The number of amides is 2. The third kappa shape index (κ3) is 8.98. The van der Waals surface area contributed by atoms with Crippen molar-refractivity contribution in [1.82, 2.24) is 14.6 Å². The van der Waals surface area contributed by atoms with E-state index in [4.69, 9.17) is 11.6 Å². The van der Waals surface area contributed by atoms with E-state index in [1.165, 1.54) is 6.07 Å². The molecule has 5 rings (SSSR count). The lowest BCUT2D eigenvalue weighted by atomic mass is 9.88. The molecule has 1 aromatic heterocycles. The summed E-state index contributed by atoms with van der Waals surface area (Å²) >= 11 is 7.69. The molecule has 2 amide bonds. The fourth-order valence-corrected chi connectivity index (χ4v) is 6.48. The number of hydrogen-bond donors (Lipinski definition) is 3. The van der Waals surface area contributed by atoms with Crippen molar-refractivity contribution >= 4 is 45.0 Å². The van der Waals surface area contributed by atoms with Crippen molar-refractivity contribution in [2.45, 2.75) is 25.3 Å². The number of anilines is 1. The molecule has 11 heteroatoms. The number of thiol groups is 1. The smallest absolute Gasteiger partial charge is 0.323 e. The first-order chi connectivity index (χ1) is 21.9. The maximum absolute atomic E-state index is 14.5. The van der Waals surface area contributed by atoms with Gasteiger partial charge < -0.3 is 4.90 Å². The quantitative estimate of drug-likeness (QED) is 0.114. The van der Waals surface area contributed by atoms with Gasteiger partial charge in [0.2, 0.25) is 10.9 Å². The van der Waals surface area contributed by atoms with E-state index in [1.54, 1.807) is 47.4 Å². The zero-order valence-corrected chi connectivity index (χ0v) is 26.7. The van der Waals surface area contributed by atoms with Crippen LogP contribution in [0, 0.1) is 5.82 Å². The molecular formula is C34H32ClFN4O3S2. The number of aromatic nitrogens is 1. The van der Waals surface area contributed by atoms with Gasteiger partial charge in [-0.1, -0.05) is 126 Å². The number of urea groups is 1. The second kappa shape index (κ2) is 15.8. The molecule has 0 fully saturated rings. The lowest BCUT2D eigenvalue weighted by molar-refractivity contribution is 0.210. The van der Waals surface area contributed by atoms with Crippen LogP contribution in [0.2, 0.25) is 4.34 Å². The van der Waals surface area contributed by atoms with E-state index < -0.39 is 10.9 Å². The van der Waals surface area contributed by atoms with Crippen LogP contribution in [-0.4, -0.2) is 37.4 Å². The van der Waals surface area contributed by atoms with Gasteiger partial charge in [-0.25, -0.2) is 27.3 Å². The van der Waals surface area contributed by atoms with Crippen LogP contribution in [0.4, 0.5) is 14.3 Å². The number of rotatable bonds is 13. The Kier molecular flexibility index (Phi) is 11.3. The topological polar surface area (TPSA) is 91.4 Å². The predicted octanol–water partition coefficient (Wildman–Crippen LogP) is 7.52. The third-order valence-corrected chi connectivity index (χ3v) is 9.01. The minimum Gasteiger partial charge on any atom is -0.324 e. The molecule has 1 heterocycles. The first kappa shape index (κ1) is 32.3. The minimum absolute atomic E-state index is 0.0597. The van der Waals surface area contributed by atoms with Crippen molar-refractivity contribution in [2.24, 2.45) is 0 Å². The Hall–Kier alpha value is -4.09. The Morgan fingerprint density at radius 2 is 1.49 bits per heavy atom. The summed E-state index contributed by atoms with van der Waals surface area (Å²) in [5, 5.41) is 3.25. The van der Waals surface area contributed by atoms with Gasteiger partial charge in [-0.3, -0.25) is 5.32 Å². The lowest BCUT2D eigenvalue weighted by Crippen LogP contribution is -2.38. The van der Waals surface area contributed by atoms with Gasteiger partial charge in [-0.2, -0.15) is 0 Å². The van der Waals surface area contributed by atoms with Crippen molar-refractivity contribution in [3.63, 3.8) is 0 Å². The SMILES string of the molecule is O=C(Nc1nc(-c2ccc(CN[SH](=O)=O)cc2)c(Cl)s1)N(CCc1ccccc1F)CCC(c1ccccc1)c1ccccc1. The van der Waals surface area contributed by atoms with Gasteiger partial charge in [0.25, 0.3) is 0 Å². The molecule has 2 N–H and O–H groups in total. The van der Waals surface area contributed by atoms with Crippen LogP contribution in [0.1, 0.15) is 34.6 Å². The summed E-state index contributed by atoms with van der Waals surface area (Å²) in [6.45, 7) is 0.910. The molecule has 5 aromatic rings. The zero-order chi connectivity index (χ0) is 31.6. The molecule has 0 spiro atoms. The second-order valence-corrected chi connectivity index (χ2v) is 12.8. The summed E-state index contributed by atoms with van der Waals surface area (Å²) in [5.41, 5.74) is 4.87. The largest absolute Gasteiger partial charge is 0.324 e. The number of halogens is 2. The maximum Gasteiger partial charge on any atom is 0.323 e. The second-order valence-electron chi connectivity index (χ2n) is 10.4. The summed E-state index contributed by atoms with van der Waals surface area (Å²) in [7, 11) is -2.68. The summed E-state index contributed by atoms with van der Waals surface area (Å²) in [6.07, 6.45) is 1.01. The van der Waals surface area contributed by atoms with Crippen LogP contribution >= 0.6 is 22.9 Å². The Balaban J connectivity index is 1.34. The average Bonchev–Trinajstić information content (AvgIpc) is 3.42. The van der Waals surface area contributed by atoms with Crippen LogP contribution < -0.4 is 10.0 Å². The van der Waals surface area contributed by atoms with Crippen molar-refractivity contribution in [3.8, 4) is 11.3 Å². The number of nitrogens with zero attached hydrogens (tertiary/aromatic N) is 2. The zero-order valence-electron chi connectivity index (χ0n) is 24.2. The molecule has 0 aliphatic rings. The molecule has 0 bridgehead atoms. The molecule has 232 valence electrons. The molecule has 0 aliphatic heterocycles. The molecule has 4 aromatic carbocycles. The van der Waals surface area contributed by atoms with Gasteiger partial charge in [0.15, 0.2) is 5.13 Å². The molecule has 0 aliphatic carbocycles. The Labute approximate surface area is 272 Å². The fourth-order valence-electron chi connectivity index (χ4n) is 5.09. The number of benzene rings is 4. The van der Waals surface area contributed by atoms with Gasteiger partial charge in [0, 0.05) is 31.1 Å². The molecule has 45 heavy (non-hydrogen) atoms. The summed E-state index contributed by atoms with van der Waals surface area (Å²) in [5.74, 6) is -0.242.